The highest BCUT2D eigenvalue weighted by molar-refractivity contribution is 7.47. The number of carbonyl (C=O) groups is 1. The number of phosphoric acid groups is 1. The predicted octanol–water partition coefficient (Wildman–Crippen LogP) is 12.2. The van der Waals surface area contributed by atoms with Gasteiger partial charge in [0.2, 0.25) is 0 Å². The van der Waals surface area contributed by atoms with Crippen LogP contribution in [0.3, 0.4) is 0 Å². The zero-order valence-corrected chi connectivity index (χ0v) is 42.6. The monoisotopic (exact) mass is 959 g/mol. The van der Waals surface area contributed by atoms with E-state index >= 15 is 0 Å². The van der Waals surface area contributed by atoms with Gasteiger partial charge in [-0.05, 0) is 44.9 Å². The molecule has 66 heavy (non-hydrogen) atoms. The minimum atomic E-state index is -5.03. The van der Waals surface area contributed by atoms with Crippen LogP contribution in [0.5, 0.6) is 0 Å². The van der Waals surface area contributed by atoms with Gasteiger partial charge < -0.3 is 39.9 Å². The largest absolute Gasteiger partial charge is 0.472 e. The zero-order chi connectivity index (χ0) is 48.4. The first-order valence-electron chi connectivity index (χ1n) is 26.8. The highest BCUT2D eigenvalue weighted by Crippen LogP contribution is 2.47. The summed E-state index contributed by atoms with van der Waals surface area (Å²) in [4.78, 5) is 23.2. The van der Waals surface area contributed by atoms with Crippen LogP contribution in [-0.2, 0) is 27.9 Å². The van der Waals surface area contributed by atoms with Gasteiger partial charge in [0.15, 0.2) is 0 Å². The SMILES string of the molecule is CC/C=C\C/C=C\C/C=C\CCCCCCCC(=O)OC(COCCCCCCCCCCCCCCCCCCCCCCCCCC)COP(=O)(O)OC1C(O)C(O)C(O)C(O)C1O. The summed E-state index contributed by atoms with van der Waals surface area (Å²) in [6, 6.07) is 0. The minimum absolute atomic E-state index is 0.0807. The molecule has 0 aromatic rings. The van der Waals surface area contributed by atoms with E-state index in [0.29, 0.717) is 13.0 Å². The summed E-state index contributed by atoms with van der Waals surface area (Å²) in [7, 11) is -5.03. The fraction of sp³-hybridized carbons (Fsp3) is 0.868. The van der Waals surface area contributed by atoms with Crippen molar-refractivity contribution in [1.29, 1.82) is 0 Å². The fourth-order valence-corrected chi connectivity index (χ4v) is 9.29. The van der Waals surface area contributed by atoms with Gasteiger partial charge in [-0.2, -0.15) is 0 Å². The normalized spacial score (nSPS) is 21.6. The second-order valence-corrected chi connectivity index (χ2v) is 20.1. The number of aliphatic hydroxyl groups excluding tert-OH is 5. The van der Waals surface area contributed by atoms with Crippen molar-refractivity contribution in [2.24, 2.45) is 0 Å². The molecule has 1 aliphatic rings. The lowest BCUT2D eigenvalue weighted by Crippen LogP contribution is -2.64. The number of esters is 1. The lowest BCUT2D eigenvalue weighted by atomic mass is 9.85. The fourth-order valence-electron chi connectivity index (χ4n) is 8.31. The molecule has 1 saturated carbocycles. The number of rotatable bonds is 46. The number of phosphoric ester groups is 1. The molecule has 0 radical (unpaired) electrons. The standard InChI is InChI=1S/C53H99O12P/c1-3-5-7-9-11-13-15-17-19-20-21-22-23-24-25-26-27-29-31-33-35-37-39-41-43-62-44-46(45-63-66(60,61)65-53-51(58)49(56)48(55)50(57)52(53)59)64-47(54)42-40-38-36-34-32-30-28-18-16-14-12-10-8-6-4-2/h6,8,12,14,18,28,46,48-53,55-59H,3-5,7,9-11,13,15-17,19-27,29-45H2,1-2H3,(H,60,61)/b8-6-,14-12-,28-18-. The number of carbonyl (C=O) groups excluding carboxylic acids is 1. The quantitative estimate of drug-likeness (QED) is 0.0147. The molecule has 0 heterocycles. The van der Waals surface area contributed by atoms with Crippen LogP contribution >= 0.6 is 7.82 Å². The second-order valence-electron chi connectivity index (χ2n) is 18.7. The molecule has 0 aromatic heterocycles. The maximum Gasteiger partial charge on any atom is 0.472 e. The summed E-state index contributed by atoms with van der Waals surface area (Å²) >= 11 is 0. The molecule has 0 saturated heterocycles. The molecule has 6 N–H and O–H groups in total. The van der Waals surface area contributed by atoms with Gasteiger partial charge in [-0.1, -0.05) is 217 Å². The number of ether oxygens (including phenoxy) is 2. The Morgan fingerprint density at radius 1 is 0.500 bits per heavy atom. The molecule has 0 aromatic carbocycles. The number of aliphatic hydroxyl groups is 5. The van der Waals surface area contributed by atoms with E-state index in [4.69, 9.17) is 18.5 Å². The first kappa shape index (κ1) is 62.6. The lowest BCUT2D eigenvalue weighted by molar-refractivity contribution is -0.220. The second kappa shape index (κ2) is 43.6. The third-order valence-corrected chi connectivity index (χ3v) is 13.5. The van der Waals surface area contributed by atoms with Crippen LogP contribution in [0, 0.1) is 0 Å². The Hall–Kier alpha value is -1.44. The molecule has 13 heteroatoms. The highest BCUT2D eigenvalue weighted by Gasteiger charge is 2.51. The van der Waals surface area contributed by atoms with Crippen LogP contribution in [-0.4, -0.2) is 98.9 Å². The smallest absolute Gasteiger partial charge is 0.457 e. The van der Waals surface area contributed by atoms with Crippen molar-refractivity contribution in [3.63, 3.8) is 0 Å². The molecule has 388 valence electrons. The highest BCUT2D eigenvalue weighted by atomic mass is 31.2. The average molecular weight is 959 g/mol. The van der Waals surface area contributed by atoms with E-state index in [1.54, 1.807) is 0 Å². The van der Waals surface area contributed by atoms with Gasteiger partial charge in [0.25, 0.3) is 0 Å². The number of unbranched alkanes of at least 4 members (excludes halogenated alkanes) is 28. The Kier molecular flexibility index (Phi) is 41.3. The van der Waals surface area contributed by atoms with Crippen LogP contribution < -0.4 is 0 Å². The van der Waals surface area contributed by atoms with Gasteiger partial charge in [0.05, 0.1) is 13.2 Å². The summed E-state index contributed by atoms with van der Waals surface area (Å²) in [6.07, 6.45) is 40.8. The molecule has 1 fully saturated rings. The van der Waals surface area contributed by atoms with Gasteiger partial charge in [-0.15, -0.1) is 0 Å². The van der Waals surface area contributed by atoms with E-state index in [1.807, 2.05) is 0 Å². The van der Waals surface area contributed by atoms with Crippen LogP contribution in [0.15, 0.2) is 36.5 Å². The summed E-state index contributed by atoms with van der Waals surface area (Å²) in [5.41, 5.74) is 0. The van der Waals surface area contributed by atoms with E-state index in [9.17, 15) is 39.8 Å². The van der Waals surface area contributed by atoms with Crippen molar-refractivity contribution >= 4 is 13.8 Å². The molecule has 0 amide bonds. The third-order valence-electron chi connectivity index (χ3n) is 12.5. The number of hydrogen-bond acceptors (Lipinski definition) is 11. The van der Waals surface area contributed by atoms with Gasteiger partial charge in [-0.3, -0.25) is 13.8 Å². The lowest BCUT2D eigenvalue weighted by Gasteiger charge is -2.41. The minimum Gasteiger partial charge on any atom is -0.457 e. The van der Waals surface area contributed by atoms with Gasteiger partial charge in [0.1, 0.15) is 42.7 Å². The van der Waals surface area contributed by atoms with Crippen molar-refractivity contribution in [3.8, 4) is 0 Å². The average Bonchev–Trinajstić information content (AvgIpc) is 3.30. The topological polar surface area (TPSA) is 192 Å². The number of allylic oxidation sites excluding steroid dienone is 6. The van der Waals surface area contributed by atoms with Crippen LogP contribution in [0.4, 0.5) is 0 Å². The Balaban J connectivity index is 2.28. The Labute approximate surface area is 402 Å². The molecule has 0 bridgehead atoms. The Morgan fingerprint density at radius 3 is 1.36 bits per heavy atom. The maximum atomic E-state index is 12.9. The molecule has 12 nitrogen and oxygen atoms in total. The van der Waals surface area contributed by atoms with Crippen LogP contribution in [0.2, 0.25) is 0 Å². The van der Waals surface area contributed by atoms with E-state index < -0.39 is 63.1 Å². The van der Waals surface area contributed by atoms with Crippen LogP contribution in [0.1, 0.15) is 232 Å². The van der Waals surface area contributed by atoms with Crippen molar-refractivity contribution in [1.82, 2.24) is 0 Å². The Morgan fingerprint density at radius 2 is 0.894 bits per heavy atom. The molecule has 0 aliphatic heterocycles. The van der Waals surface area contributed by atoms with E-state index in [2.05, 4.69) is 50.3 Å². The molecule has 1 aliphatic carbocycles. The summed E-state index contributed by atoms with van der Waals surface area (Å²) < 4.78 is 34.3. The maximum absolute atomic E-state index is 12.9. The van der Waals surface area contributed by atoms with Crippen molar-refractivity contribution < 1.29 is 58.3 Å². The van der Waals surface area contributed by atoms with Gasteiger partial charge in [-0.25, -0.2) is 4.57 Å². The van der Waals surface area contributed by atoms with E-state index in [0.717, 1.165) is 70.6 Å². The molecule has 6 unspecified atom stereocenters. The third kappa shape index (κ3) is 34.8. The van der Waals surface area contributed by atoms with E-state index in [-0.39, 0.29) is 13.0 Å². The molecule has 0 spiro atoms. The molecular formula is C53H99O12P. The zero-order valence-electron chi connectivity index (χ0n) is 41.7. The van der Waals surface area contributed by atoms with Crippen LogP contribution in [0.25, 0.3) is 0 Å². The predicted molar refractivity (Wildman–Crippen MR) is 267 cm³/mol. The van der Waals surface area contributed by atoms with Crippen molar-refractivity contribution in [2.45, 2.75) is 275 Å². The summed E-state index contributed by atoms with van der Waals surface area (Å²) in [5.74, 6) is -0.491. The van der Waals surface area contributed by atoms with E-state index in [1.165, 1.54) is 135 Å². The van der Waals surface area contributed by atoms with Crippen molar-refractivity contribution in [3.05, 3.63) is 36.5 Å². The molecular weight excluding hydrogens is 860 g/mol. The Bertz CT molecular complexity index is 1230. The van der Waals surface area contributed by atoms with Gasteiger partial charge >= 0.3 is 13.8 Å². The van der Waals surface area contributed by atoms with Gasteiger partial charge in [0, 0.05) is 13.0 Å². The number of hydrogen-bond donors (Lipinski definition) is 6. The first-order chi connectivity index (χ1) is 32.0. The summed E-state index contributed by atoms with van der Waals surface area (Å²) in [5, 5.41) is 50.3. The first-order valence-corrected chi connectivity index (χ1v) is 28.3. The molecule has 6 atom stereocenters. The molecule has 1 rings (SSSR count). The van der Waals surface area contributed by atoms with Crippen molar-refractivity contribution in [2.75, 3.05) is 19.8 Å². The summed E-state index contributed by atoms with van der Waals surface area (Å²) in [6.45, 7) is 4.17.